The molecule has 0 saturated carbocycles. The van der Waals surface area contributed by atoms with Gasteiger partial charge in [0.05, 0.1) is 17.9 Å². The van der Waals surface area contributed by atoms with E-state index in [4.69, 9.17) is 9.68 Å². The Labute approximate surface area is 76.4 Å². The van der Waals surface area contributed by atoms with Crippen LogP contribution in [-0.4, -0.2) is 0 Å². The summed E-state index contributed by atoms with van der Waals surface area (Å²) in [7, 11) is 0. The van der Waals surface area contributed by atoms with Gasteiger partial charge in [0.2, 0.25) is 0 Å². The number of benzene rings is 1. The average molecular weight is 171 g/mol. The SMILES string of the molecule is Cc1cc2ccoc2c(C)c1C#N. The molecular weight excluding hydrogens is 162 g/mol. The van der Waals surface area contributed by atoms with Crippen molar-refractivity contribution in [1.29, 1.82) is 5.26 Å². The van der Waals surface area contributed by atoms with Gasteiger partial charge in [-0.1, -0.05) is 0 Å². The summed E-state index contributed by atoms with van der Waals surface area (Å²) in [4.78, 5) is 0. The van der Waals surface area contributed by atoms with Crippen LogP contribution >= 0.6 is 0 Å². The van der Waals surface area contributed by atoms with E-state index >= 15 is 0 Å². The summed E-state index contributed by atoms with van der Waals surface area (Å²) in [5.41, 5.74) is 3.49. The molecule has 2 rings (SSSR count). The van der Waals surface area contributed by atoms with Crippen LogP contribution in [0.25, 0.3) is 11.0 Å². The van der Waals surface area contributed by atoms with Crippen molar-refractivity contribution in [2.24, 2.45) is 0 Å². The molecule has 64 valence electrons. The van der Waals surface area contributed by atoms with Gasteiger partial charge in [-0.2, -0.15) is 5.26 Å². The molecule has 13 heavy (non-hydrogen) atoms. The van der Waals surface area contributed by atoms with Crippen LogP contribution in [0.15, 0.2) is 22.8 Å². The molecule has 0 N–H and O–H groups in total. The monoisotopic (exact) mass is 171 g/mol. The number of furan rings is 1. The first kappa shape index (κ1) is 7.88. The van der Waals surface area contributed by atoms with Gasteiger partial charge in [-0.3, -0.25) is 0 Å². The molecule has 0 aliphatic rings. The minimum Gasteiger partial charge on any atom is -0.464 e. The highest BCUT2D eigenvalue weighted by atomic mass is 16.3. The van der Waals surface area contributed by atoms with E-state index in [0.29, 0.717) is 0 Å². The fourth-order valence-electron chi connectivity index (χ4n) is 1.62. The number of nitrogens with zero attached hydrogens (tertiary/aromatic N) is 1. The zero-order chi connectivity index (χ0) is 9.42. The third kappa shape index (κ3) is 1.01. The quantitative estimate of drug-likeness (QED) is 0.611. The first-order valence-electron chi connectivity index (χ1n) is 4.11. The molecule has 1 heterocycles. The van der Waals surface area contributed by atoms with E-state index < -0.39 is 0 Å². The van der Waals surface area contributed by atoms with Crippen molar-refractivity contribution in [2.75, 3.05) is 0 Å². The molecule has 2 aromatic rings. The Kier molecular flexibility index (Phi) is 1.60. The minimum atomic E-state index is 0.724. The van der Waals surface area contributed by atoms with E-state index in [2.05, 4.69) is 6.07 Å². The molecule has 1 aromatic carbocycles. The van der Waals surface area contributed by atoms with Crippen molar-refractivity contribution in [3.8, 4) is 6.07 Å². The third-order valence-electron chi connectivity index (χ3n) is 2.29. The summed E-state index contributed by atoms with van der Waals surface area (Å²) in [6, 6.07) is 6.08. The van der Waals surface area contributed by atoms with Gasteiger partial charge in [0.25, 0.3) is 0 Å². The van der Waals surface area contributed by atoms with Crippen LogP contribution in [0.2, 0.25) is 0 Å². The molecule has 0 aliphatic heterocycles. The lowest BCUT2D eigenvalue weighted by molar-refractivity contribution is 0.613. The molecule has 0 fully saturated rings. The zero-order valence-electron chi connectivity index (χ0n) is 7.59. The summed E-state index contributed by atoms with van der Waals surface area (Å²) in [5, 5.41) is 9.97. The van der Waals surface area contributed by atoms with E-state index in [9.17, 15) is 0 Å². The Morgan fingerprint density at radius 2 is 2.15 bits per heavy atom. The van der Waals surface area contributed by atoms with Gasteiger partial charge in [0, 0.05) is 10.9 Å². The van der Waals surface area contributed by atoms with Gasteiger partial charge in [0.1, 0.15) is 5.58 Å². The molecule has 0 atom stereocenters. The maximum atomic E-state index is 8.90. The Morgan fingerprint density at radius 1 is 1.38 bits per heavy atom. The lowest BCUT2D eigenvalue weighted by Crippen LogP contribution is -1.87. The molecule has 2 heteroatoms. The van der Waals surface area contributed by atoms with Crippen LogP contribution in [0.3, 0.4) is 0 Å². The molecule has 0 radical (unpaired) electrons. The van der Waals surface area contributed by atoms with Crippen molar-refractivity contribution in [2.45, 2.75) is 13.8 Å². The first-order chi connectivity index (χ1) is 6.24. The van der Waals surface area contributed by atoms with Gasteiger partial charge < -0.3 is 4.42 Å². The highest BCUT2D eigenvalue weighted by Gasteiger charge is 2.08. The van der Waals surface area contributed by atoms with E-state index in [1.807, 2.05) is 26.0 Å². The second-order valence-corrected chi connectivity index (χ2v) is 3.14. The highest BCUT2D eigenvalue weighted by Crippen LogP contribution is 2.25. The number of rotatable bonds is 0. The topological polar surface area (TPSA) is 36.9 Å². The van der Waals surface area contributed by atoms with Crippen molar-refractivity contribution in [1.82, 2.24) is 0 Å². The molecule has 0 bridgehead atoms. The fourth-order valence-corrected chi connectivity index (χ4v) is 1.62. The number of fused-ring (bicyclic) bond motifs is 1. The smallest absolute Gasteiger partial charge is 0.138 e. The van der Waals surface area contributed by atoms with Crippen LogP contribution in [-0.2, 0) is 0 Å². The number of nitriles is 1. The fraction of sp³-hybridized carbons (Fsp3) is 0.182. The molecule has 0 saturated heterocycles. The van der Waals surface area contributed by atoms with E-state index in [1.54, 1.807) is 6.26 Å². The minimum absolute atomic E-state index is 0.724. The standard InChI is InChI=1S/C11H9NO/c1-7-5-9-3-4-13-11(9)8(2)10(7)6-12/h3-5H,1-2H3. The van der Waals surface area contributed by atoms with Gasteiger partial charge >= 0.3 is 0 Å². The second kappa shape index (κ2) is 2.63. The Morgan fingerprint density at radius 3 is 2.85 bits per heavy atom. The van der Waals surface area contributed by atoms with Crippen LogP contribution in [0.1, 0.15) is 16.7 Å². The Bertz CT molecular complexity index is 503. The maximum absolute atomic E-state index is 8.90. The van der Waals surface area contributed by atoms with E-state index in [0.717, 1.165) is 27.7 Å². The van der Waals surface area contributed by atoms with Crippen LogP contribution in [0.4, 0.5) is 0 Å². The number of hydrogen-bond donors (Lipinski definition) is 0. The summed E-state index contributed by atoms with van der Waals surface area (Å²) in [6.07, 6.45) is 1.65. The molecule has 0 amide bonds. The molecule has 0 unspecified atom stereocenters. The lowest BCUT2D eigenvalue weighted by Gasteiger charge is -2.01. The lowest BCUT2D eigenvalue weighted by atomic mass is 10.0. The van der Waals surface area contributed by atoms with Gasteiger partial charge in [-0.05, 0) is 31.5 Å². The number of aryl methyl sites for hydroxylation is 2. The largest absolute Gasteiger partial charge is 0.464 e. The van der Waals surface area contributed by atoms with E-state index in [1.165, 1.54) is 0 Å². The summed E-state index contributed by atoms with van der Waals surface area (Å²) in [6.45, 7) is 3.86. The maximum Gasteiger partial charge on any atom is 0.138 e. The average Bonchev–Trinajstić information content (AvgIpc) is 2.53. The predicted molar refractivity (Wildman–Crippen MR) is 50.4 cm³/mol. The predicted octanol–water partition coefficient (Wildman–Crippen LogP) is 2.92. The Balaban J connectivity index is 2.95. The van der Waals surface area contributed by atoms with Gasteiger partial charge in [0.15, 0.2) is 0 Å². The van der Waals surface area contributed by atoms with Gasteiger partial charge in [-0.15, -0.1) is 0 Å². The van der Waals surface area contributed by atoms with Crippen LogP contribution in [0, 0.1) is 25.2 Å². The van der Waals surface area contributed by atoms with Crippen LogP contribution < -0.4 is 0 Å². The summed E-state index contributed by atoms with van der Waals surface area (Å²) in [5.74, 6) is 0. The Hall–Kier alpha value is -1.75. The number of hydrogen-bond acceptors (Lipinski definition) is 2. The normalized spacial score (nSPS) is 10.2. The van der Waals surface area contributed by atoms with Crippen molar-refractivity contribution in [3.63, 3.8) is 0 Å². The first-order valence-corrected chi connectivity index (χ1v) is 4.11. The van der Waals surface area contributed by atoms with Crippen molar-refractivity contribution < 1.29 is 4.42 Å². The summed E-state index contributed by atoms with van der Waals surface area (Å²) >= 11 is 0. The van der Waals surface area contributed by atoms with Crippen molar-refractivity contribution in [3.05, 3.63) is 35.1 Å². The molecule has 1 aromatic heterocycles. The van der Waals surface area contributed by atoms with Crippen molar-refractivity contribution >= 4 is 11.0 Å². The van der Waals surface area contributed by atoms with Crippen LogP contribution in [0.5, 0.6) is 0 Å². The molecule has 0 spiro atoms. The molecule has 0 aliphatic carbocycles. The third-order valence-corrected chi connectivity index (χ3v) is 2.29. The zero-order valence-corrected chi connectivity index (χ0v) is 7.59. The summed E-state index contributed by atoms with van der Waals surface area (Å²) < 4.78 is 5.30. The molecule has 2 nitrogen and oxygen atoms in total. The molecular formula is C11H9NO. The second-order valence-electron chi connectivity index (χ2n) is 3.14. The highest BCUT2D eigenvalue weighted by molar-refractivity contribution is 5.83. The van der Waals surface area contributed by atoms with E-state index in [-0.39, 0.29) is 0 Å². The van der Waals surface area contributed by atoms with Gasteiger partial charge in [-0.25, -0.2) is 0 Å².